The van der Waals surface area contributed by atoms with Crippen LogP contribution in [0.5, 0.6) is 0 Å². The summed E-state index contributed by atoms with van der Waals surface area (Å²) in [5.74, 6) is 0. The van der Waals surface area contributed by atoms with Crippen LogP contribution in [0.2, 0.25) is 0 Å². The molecule has 8 aromatic rings. The van der Waals surface area contributed by atoms with Crippen LogP contribution in [-0.4, -0.2) is 0 Å². The van der Waals surface area contributed by atoms with Gasteiger partial charge in [-0.2, -0.15) is 0 Å². The monoisotopic (exact) mass is 935 g/mol. The SMILES string of the molecule is c1ccc([P](c2ccccc2)[Pt]([P](c2ccccc2)c2ccccc2)([P](c2ccccc2)c2ccccc2)[P](c2ccccc2)c2ccccc2)cc1. The molecule has 0 radical (unpaired) electrons. The van der Waals surface area contributed by atoms with Crippen molar-refractivity contribution in [1.82, 2.24) is 0 Å². The molecule has 0 aliphatic heterocycles. The summed E-state index contributed by atoms with van der Waals surface area (Å²) in [5, 5.41) is 11.9. The van der Waals surface area contributed by atoms with Crippen molar-refractivity contribution in [2.45, 2.75) is 0 Å². The number of benzene rings is 8. The average Bonchev–Trinajstić information content (AvgIpc) is 3.24. The molecule has 8 rings (SSSR count). The third-order valence-corrected chi connectivity index (χ3v) is 83.5. The van der Waals surface area contributed by atoms with Crippen LogP contribution in [0.1, 0.15) is 0 Å². The van der Waals surface area contributed by atoms with Crippen LogP contribution in [0.4, 0.5) is 0 Å². The molecular weight excluding hydrogens is 896 g/mol. The van der Waals surface area contributed by atoms with Crippen molar-refractivity contribution in [3.8, 4) is 0 Å². The molecule has 0 fully saturated rings. The van der Waals surface area contributed by atoms with E-state index < -0.39 is 38.1 Å². The van der Waals surface area contributed by atoms with Crippen molar-refractivity contribution in [3.05, 3.63) is 243 Å². The number of rotatable bonds is 12. The van der Waals surface area contributed by atoms with Gasteiger partial charge < -0.3 is 0 Å². The molecule has 0 nitrogen and oxygen atoms in total. The zero-order chi connectivity index (χ0) is 35.7. The Morgan fingerprint density at radius 3 is 0.396 bits per heavy atom. The molecule has 262 valence electrons. The number of hydrogen-bond acceptors (Lipinski definition) is 0. The quantitative estimate of drug-likeness (QED) is 0.107. The Kier molecular flexibility index (Phi) is 12.0. The molecule has 0 heterocycles. The van der Waals surface area contributed by atoms with E-state index in [0.717, 1.165) is 0 Å². The van der Waals surface area contributed by atoms with Gasteiger partial charge in [0.05, 0.1) is 0 Å². The molecule has 0 N–H and O–H groups in total. The van der Waals surface area contributed by atoms with Crippen molar-refractivity contribution in [2.24, 2.45) is 0 Å². The second-order valence-corrected chi connectivity index (χ2v) is 58.0. The van der Waals surface area contributed by atoms with Gasteiger partial charge in [0.1, 0.15) is 0 Å². The van der Waals surface area contributed by atoms with Crippen LogP contribution in [-0.2, 0) is 14.0 Å². The second-order valence-electron chi connectivity index (χ2n) is 12.1. The Balaban J connectivity index is 1.67. The normalized spacial score (nSPS) is 12.0. The standard InChI is InChI=1S/4C12H10P.Pt/c4*1-3-7-11(8-4-1)13-12-9-5-2-6-10-12;/h4*1-10H;/q4*-1;+4. The Morgan fingerprint density at radius 1 is 0.170 bits per heavy atom. The van der Waals surface area contributed by atoms with Gasteiger partial charge >= 0.3 is 323 Å². The molecular formula is C48H40P4Pt. The third-order valence-electron chi connectivity index (χ3n) is 8.49. The summed E-state index contributed by atoms with van der Waals surface area (Å²) >= 11 is -3.77. The molecule has 0 unspecified atom stereocenters. The molecule has 0 bridgehead atoms. The van der Waals surface area contributed by atoms with Gasteiger partial charge in [-0.05, 0) is 0 Å². The predicted octanol–water partition coefficient (Wildman–Crippen LogP) is 10.3. The first-order chi connectivity index (χ1) is 26.4. The minimum atomic E-state index is -3.77. The summed E-state index contributed by atoms with van der Waals surface area (Å²) in [4.78, 5) is 0. The van der Waals surface area contributed by atoms with Crippen LogP contribution in [0, 0.1) is 0 Å². The molecule has 0 aliphatic carbocycles. The fourth-order valence-corrected chi connectivity index (χ4v) is 110. The van der Waals surface area contributed by atoms with E-state index in [4.69, 9.17) is 0 Å². The fourth-order valence-electron chi connectivity index (χ4n) is 6.25. The van der Waals surface area contributed by atoms with Crippen molar-refractivity contribution < 1.29 is 14.0 Å². The van der Waals surface area contributed by atoms with E-state index in [1.165, 1.54) is 42.4 Å². The van der Waals surface area contributed by atoms with Gasteiger partial charge in [0.15, 0.2) is 0 Å². The predicted molar refractivity (Wildman–Crippen MR) is 236 cm³/mol. The molecule has 8 aromatic carbocycles. The molecule has 0 amide bonds. The molecule has 0 spiro atoms. The van der Waals surface area contributed by atoms with Gasteiger partial charge in [-0.3, -0.25) is 0 Å². The van der Waals surface area contributed by atoms with E-state index in [1.54, 1.807) is 0 Å². The van der Waals surface area contributed by atoms with Gasteiger partial charge in [0.2, 0.25) is 0 Å². The first kappa shape index (κ1) is 36.2. The third kappa shape index (κ3) is 7.61. The van der Waals surface area contributed by atoms with Crippen molar-refractivity contribution in [1.29, 1.82) is 0 Å². The van der Waals surface area contributed by atoms with Crippen molar-refractivity contribution in [3.63, 3.8) is 0 Å². The van der Waals surface area contributed by atoms with Crippen LogP contribution >= 0.6 is 24.1 Å². The Morgan fingerprint density at radius 2 is 0.283 bits per heavy atom. The molecule has 0 saturated carbocycles. The summed E-state index contributed by atoms with van der Waals surface area (Å²) in [5.41, 5.74) is 0. The zero-order valence-electron chi connectivity index (χ0n) is 29.2. The Bertz CT molecular complexity index is 1780. The topological polar surface area (TPSA) is 0 Å². The Labute approximate surface area is 321 Å². The molecule has 0 aliphatic rings. The van der Waals surface area contributed by atoms with Crippen LogP contribution < -0.4 is 42.4 Å². The summed E-state index contributed by atoms with van der Waals surface area (Å²) in [7, 11) is 0. The number of hydrogen-bond donors (Lipinski definition) is 0. The summed E-state index contributed by atoms with van der Waals surface area (Å²) in [6.07, 6.45) is 0. The minimum absolute atomic E-state index is 0.891. The molecule has 5 heteroatoms. The van der Waals surface area contributed by atoms with E-state index in [-0.39, 0.29) is 0 Å². The fraction of sp³-hybridized carbons (Fsp3) is 0. The first-order valence-electron chi connectivity index (χ1n) is 17.6. The summed E-state index contributed by atoms with van der Waals surface area (Å²) in [6.45, 7) is 0. The van der Waals surface area contributed by atoms with Crippen molar-refractivity contribution in [2.75, 3.05) is 0 Å². The molecule has 53 heavy (non-hydrogen) atoms. The van der Waals surface area contributed by atoms with Gasteiger partial charge in [-0.15, -0.1) is 0 Å². The molecule has 0 atom stereocenters. The van der Waals surface area contributed by atoms with E-state index in [0.29, 0.717) is 0 Å². The van der Waals surface area contributed by atoms with Gasteiger partial charge in [0.25, 0.3) is 0 Å². The zero-order valence-corrected chi connectivity index (χ0v) is 35.0. The maximum absolute atomic E-state index is 3.77. The van der Waals surface area contributed by atoms with Crippen LogP contribution in [0.3, 0.4) is 0 Å². The van der Waals surface area contributed by atoms with Crippen molar-refractivity contribution >= 4 is 66.5 Å². The molecule has 0 aromatic heterocycles. The second kappa shape index (κ2) is 17.5. The molecule has 0 saturated heterocycles. The van der Waals surface area contributed by atoms with E-state index in [9.17, 15) is 0 Å². The van der Waals surface area contributed by atoms with Gasteiger partial charge in [-0.25, -0.2) is 0 Å². The average molecular weight is 936 g/mol. The van der Waals surface area contributed by atoms with Gasteiger partial charge in [0, 0.05) is 0 Å². The van der Waals surface area contributed by atoms with E-state index in [1.807, 2.05) is 0 Å². The van der Waals surface area contributed by atoms with Crippen LogP contribution in [0.15, 0.2) is 243 Å². The van der Waals surface area contributed by atoms with E-state index >= 15 is 0 Å². The Hall–Kier alpha value is -3.83. The first-order valence-corrected chi connectivity index (χ1v) is 34.5. The maximum atomic E-state index is 2.47. The van der Waals surface area contributed by atoms with Crippen LogP contribution in [0.25, 0.3) is 0 Å². The van der Waals surface area contributed by atoms with E-state index in [2.05, 4.69) is 243 Å². The summed E-state index contributed by atoms with van der Waals surface area (Å²) in [6, 6.07) is 90.0. The summed E-state index contributed by atoms with van der Waals surface area (Å²) < 4.78 is 0. The van der Waals surface area contributed by atoms with Gasteiger partial charge in [-0.1, -0.05) is 0 Å².